The van der Waals surface area contributed by atoms with Crippen molar-refractivity contribution in [3.8, 4) is 5.75 Å². The molecule has 0 fully saturated rings. The van der Waals surface area contributed by atoms with E-state index in [1.807, 2.05) is 32.0 Å². The Morgan fingerprint density at radius 1 is 1.37 bits per heavy atom. The molecule has 2 N–H and O–H groups in total. The van der Waals surface area contributed by atoms with Crippen molar-refractivity contribution in [3.63, 3.8) is 0 Å². The van der Waals surface area contributed by atoms with E-state index < -0.39 is 0 Å². The van der Waals surface area contributed by atoms with Gasteiger partial charge in [0, 0.05) is 23.1 Å². The highest BCUT2D eigenvalue weighted by molar-refractivity contribution is 5.88. The number of carbonyl (C=O) groups excluding carboxylic acids is 1. The van der Waals surface area contributed by atoms with Crippen LogP contribution in [0.3, 0.4) is 0 Å². The van der Waals surface area contributed by atoms with Crippen LogP contribution < -0.4 is 10.5 Å². The van der Waals surface area contributed by atoms with E-state index in [-0.39, 0.29) is 5.91 Å². The smallest absolute Gasteiger partial charge is 0.217 e. The van der Waals surface area contributed by atoms with Gasteiger partial charge in [-0.25, -0.2) is 0 Å². The molecule has 100 valence electrons. The summed E-state index contributed by atoms with van der Waals surface area (Å²) in [6.07, 6.45) is 0.879. The number of pyridine rings is 1. The maximum atomic E-state index is 11.0. The molecular formula is C15H18N2O2. The lowest BCUT2D eigenvalue weighted by atomic mass is 9.98. The number of benzene rings is 1. The van der Waals surface area contributed by atoms with Crippen LogP contribution in [-0.2, 0) is 11.2 Å². The number of carbonyl (C=O) groups is 1. The summed E-state index contributed by atoms with van der Waals surface area (Å²) in [6, 6.07) is 5.88. The molecule has 2 rings (SSSR count). The number of ether oxygens (including phenoxy) is 1. The Bertz CT molecular complexity index is 636. The third-order valence-electron chi connectivity index (χ3n) is 3.21. The lowest BCUT2D eigenvalue weighted by Crippen LogP contribution is -2.12. The van der Waals surface area contributed by atoms with Crippen LogP contribution in [0.25, 0.3) is 10.9 Å². The van der Waals surface area contributed by atoms with Gasteiger partial charge in [-0.1, -0.05) is 0 Å². The highest BCUT2D eigenvalue weighted by atomic mass is 16.5. The average Bonchev–Trinajstić information content (AvgIpc) is 2.35. The first-order valence-corrected chi connectivity index (χ1v) is 6.25. The van der Waals surface area contributed by atoms with Crippen LogP contribution in [-0.4, -0.2) is 18.0 Å². The minimum atomic E-state index is -0.309. The molecule has 0 saturated carbocycles. The first-order chi connectivity index (χ1) is 9.02. The second kappa shape index (κ2) is 5.26. The van der Waals surface area contributed by atoms with Gasteiger partial charge in [-0.3, -0.25) is 9.78 Å². The molecule has 0 radical (unpaired) electrons. The van der Waals surface area contributed by atoms with E-state index in [2.05, 4.69) is 4.98 Å². The molecule has 0 aliphatic carbocycles. The fourth-order valence-electron chi connectivity index (χ4n) is 2.44. The number of aryl methyl sites for hydroxylation is 3. The number of rotatable bonds is 4. The molecule has 0 unspecified atom stereocenters. The van der Waals surface area contributed by atoms with E-state index in [1.54, 1.807) is 7.11 Å². The third-order valence-corrected chi connectivity index (χ3v) is 3.21. The van der Waals surface area contributed by atoms with E-state index in [4.69, 9.17) is 10.5 Å². The van der Waals surface area contributed by atoms with Crippen molar-refractivity contribution in [1.29, 1.82) is 0 Å². The minimum Gasteiger partial charge on any atom is -0.496 e. The van der Waals surface area contributed by atoms with Crippen LogP contribution >= 0.6 is 0 Å². The van der Waals surface area contributed by atoms with Crippen LogP contribution in [0.4, 0.5) is 0 Å². The first-order valence-electron chi connectivity index (χ1n) is 6.25. The minimum absolute atomic E-state index is 0.308. The van der Waals surface area contributed by atoms with Crippen molar-refractivity contribution >= 4 is 16.8 Å². The number of fused-ring (bicyclic) bond motifs is 1. The van der Waals surface area contributed by atoms with Gasteiger partial charge in [-0.15, -0.1) is 0 Å². The van der Waals surface area contributed by atoms with Crippen molar-refractivity contribution in [2.24, 2.45) is 5.73 Å². The van der Waals surface area contributed by atoms with Crippen molar-refractivity contribution in [3.05, 3.63) is 35.0 Å². The molecule has 1 amide bonds. The lowest BCUT2D eigenvalue weighted by molar-refractivity contribution is -0.117. The van der Waals surface area contributed by atoms with Gasteiger partial charge in [0.05, 0.1) is 12.6 Å². The summed E-state index contributed by atoms with van der Waals surface area (Å²) in [4.78, 5) is 15.5. The predicted octanol–water partition coefficient (Wildman–Crippen LogP) is 2.28. The molecule has 4 heteroatoms. The van der Waals surface area contributed by atoms with Crippen LogP contribution in [0.15, 0.2) is 18.2 Å². The fourth-order valence-corrected chi connectivity index (χ4v) is 2.44. The summed E-state index contributed by atoms with van der Waals surface area (Å²) in [5, 5.41) is 1.06. The summed E-state index contributed by atoms with van der Waals surface area (Å²) in [7, 11) is 1.63. The highest BCUT2D eigenvalue weighted by Gasteiger charge is 2.12. The molecule has 0 atom stereocenters. The Labute approximate surface area is 112 Å². The molecule has 1 aromatic heterocycles. The molecule has 1 aromatic carbocycles. The third kappa shape index (κ3) is 2.67. The van der Waals surface area contributed by atoms with E-state index >= 15 is 0 Å². The monoisotopic (exact) mass is 258 g/mol. The zero-order valence-corrected chi connectivity index (χ0v) is 11.5. The molecule has 0 spiro atoms. The van der Waals surface area contributed by atoms with Crippen molar-refractivity contribution in [2.45, 2.75) is 26.7 Å². The fraction of sp³-hybridized carbons (Fsp3) is 0.333. The van der Waals surface area contributed by atoms with Crippen molar-refractivity contribution in [2.75, 3.05) is 7.11 Å². The quantitative estimate of drug-likeness (QED) is 0.915. The number of amides is 1. The molecule has 2 aromatic rings. The second-order valence-electron chi connectivity index (χ2n) is 4.69. The SMILES string of the molecule is COc1ccc2nc(C)cc(C)c2c1CCC(N)=O. The molecule has 0 aliphatic rings. The molecule has 4 nitrogen and oxygen atoms in total. The Hall–Kier alpha value is -2.10. The van der Waals surface area contributed by atoms with Gasteiger partial charge in [0.1, 0.15) is 5.75 Å². The van der Waals surface area contributed by atoms with Gasteiger partial charge < -0.3 is 10.5 Å². The van der Waals surface area contributed by atoms with E-state index in [0.29, 0.717) is 12.8 Å². The normalized spacial score (nSPS) is 10.7. The van der Waals surface area contributed by atoms with Gasteiger partial charge in [-0.05, 0) is 44.0 Å². The van der Waals surface area contributed by atoms with Crippen LogP contribution in [0.1, 0.15) is 23.2 Å². The van der Waals surface area contributed by atoms with Crippen LogP contribution in [0, 0.1) is 13.8 Å². The Balaban J connectivity index is 2.64. The molecule has 19 heavy (non-hydrogen) atoms. The standard InChI is InChI=1S/C15H18N2O2/c1-9-8-10(2)17-12-5-6-13(19-3)11(15(9)12)4-7-14(16)18/h5-6,8H,4,7H2,1-3H3,(H2,16,18). The lowest BCUT2D eigenvalue weighted by Gasteiger charge is -2.13. The zero-order valence-electron chi connectivity index (χ0n) is 11.5. The van der Waals surface area contributed by atoms with Gasteiger partial charge in [0.25, 0.3) is 0 Å². The molecule has 0 saturated heterocycles. The van der Waals surface area contributed by atoms with Gasteiger partial charge in [-0.2, -0.15) is 0 Å². The summed E-state index contributed by atoms with van der Waals surface area (Å²) in [5.74, 6) is 0.472. The zero-order chi connectivity index (χ0) is 14.0. The Kier molecular flexibility index (Phi) is 3.69. The topological polar surface area (TPSA) is 65.2 Å². The average molecular weight is 258 g/mol. The largest absolute Gasteiger partial charge is 0.496 e. The Morgan fingerprint density at radius 3 is 2.74 bits per heavy atom. The van der Waals surface area contributed by atoms with Gasteiger partial charge >= 0.3 is 0 Å². The predicted molar refractivity (Wildman–Crippen MR) is 75.3 cm³/mol. The highest BCUT2D eigenvalue weighted by Crippen LogP contribution is 2.30. The van der Waals surface area contributed by atoms with E-state index in [0.717, 1.165) is 33.5 Å². The maximum absolute atomic E-state index is 11.0. The summed E-state index contributed by atoms with van der Waals surface area (Å²) >= 11 is 0. The van der Waals surface area contributed by atoms with E-state index in [1.165, 1.54) is 0 Å². The van der Waals surface area contributed by atoms with Crippen LogP contribution in [0.5, 0.6) is 5.75 Å². The number of aromatic nitrogens is 1. The number of nitrogens with two attached hydrogens (primary N) is 1. The van der Waals surface area contributed by atoms with Crippen molar-refractivity contribution < 1.29 is 9.53 Å². The molecular weight excluding hydrogens is 240 g/mol. The number of hydrogen-bond donors (Lipinski definition) is 1. The summed E-state index contributed by atoms with van der Waals surface area (Å²) in [6.45, 7) is 4.02. The van der Waals surface area contributed by atoms with Crippen molar-refractivity contribution in [1.82, 2.24) is 4.98 Å². The number of methoxy groups -OCH3 is 1. The molecule has 0 bridgehead atoms. The van der Waals surface area contributed by atoms with E-state index in [9.17, 15) is 4.79 Å². The summed E-state index contributed by atoms with van der Waals surface area (Å²) < 4.78 is 5.39. The Morgan fingerprint density at radius 2 is 2.11 bits per heavy atom. The summed E-state index contributed by atoms with van der Waals surface area (Å²) in [5.41, 5.74) is 9.30. The number of hydrogen-bond acceptors (Lipinski definition) is 3. The van der Waals surface area contributed by atoms with Gasteiger partial charge in [0.2, 0.25) is 5.91 Å². The maximum Gasteiger partial charge on any atom is 0.217 e. The van der Waals surface area contributed by atoms with Crippen LogP contribution in [0.2, 0.25) is 0 Å². The second-order valence-corrected chi connectivity index (χ2v) is 4.69. The first kappa shape index (κ1) is 13.3. The number of nitrogens with zero attached hydrogens (tertiary/aromatic N) is 1. The van der Waals surface area contributed by atoms with Gasteiger partial charge in [0.15, 0.2) is 0 Å². The molecule has 0 aliphatic heterocycles. The number of primary amides is 1. The molecule has 1 heterocycles.